The molecule has 162 valence electrons. The van der Waals surface area contributed by atoms with Crippen LogP contribution in [-0.2, 0) is 4.79 Å². The summed E-state index contributed by atoms with van der Waals surface area (Å²) in [5.41, 5.74) is 1.78. The predicted octanol–water partition coefficient (Wildman–Crippen LogP) is 3.38. The highest BCUT2D eigenvalue weighted by Crippen LogP contribution is 2.33. The number of amides is 1. The zero-order valence-electron chi connectivity index (χ0n) is 17.6. The third kappa shape index (κ3) is 3.90. The second-order valence-electron chi connectivity index (χ2n) is 7.80. The number of anilines is 1. The number of nitrogens with zero attached hydrogens (tertiary/aromatic N) is 3. The van der Waals surface area contributed by atoms with Crippen LogP contribution in [0.5, 0.6) is 0 Å². The van der Waals surface area contributed by atoms with Gasteiger partial charge in [-0.1, -0.05) is 66.4 Å². The number of rotatable bonds is 5. The molecule has 0 radical (unpaired) electrons. The van der Waals surface area contributed by atoms with Crippen molar-refractivity contribution in [1.29, 1.82) is 5.26 Å². The van der Waals surface area contributed by atoms with Gasteiger partial charge in [0, 0.05) is 15.8 Å². The van der Waals surface area contributed by atoms with Gasteiger partial charge in [0.25, 0.3) is 0 Å². The molecular weight excluding hydrogens is 432 g/mol. The van der Waals surface area contributed by atoms with E-state index < -0.39 is 17.6 Å². The Morgan fingerprint density at radius 1 is 1.18 bits per heavy atom. The number of nitriles is 1. The molecule has 2 heterocycles. The van der Waals surface area contributed by atoms with Crippen LogP contribution >= 0.6 is 11.8 Å². The highest BCUT2D eigenvalue weighted by molar-refractivity contribution is 8.10. The van der Waals surface area contributed by atoms with E-state index in [1.54, 1.807) is 24.3 Å². The molecular formula is C26H20N4O2S. The van der Waals surface area contributed by atoms with Crippen LogP contribution in [0.15, 0.2) is 77.8 Å². The maximum absolute atomic E-state index is 13.5. The van der Waals surface area contributed by atoms with E-state index >= 15 is 0 Å². The number of para-hydroxylation sites is 1. The van der Waals surface area contributed by atoms with Crippen molar-refractivity contribution >= 4 is 40.1 Å². The van der Waals surface area contributed by atoms with E-state index in [1.165, 1.54) is 11.8 Å². The molecule has 0 saturated carbocycles. The average molecular weight is 453 g/mol. The van der Waals surface area contributed by atoms with Gasteiger partial charge in [0.15, 0.2) is 5.92 Å². The molecule has 1 atom stereocenters. The van der Waals surface area contributed by atoms with Crippen LogP contribution in [0.4, 0.5) is 5.69 Å². The smallest absolute Gasteiger partial charge is 0.249 e. The van der Waals surface area contributed by atoms with E-state index in [1.807, 2.05) is 28.3 Å². The van der Waals surface area contributed by atoms with Crippen LogP contribution in [0.1, 0.15) is 29.4 Å². The second-order valence-corrected chi connectivity index (χ2v) is 8.71. The lowest BCUT2D eigenvalue weighted by molar-refractivity contribution is -0.117. The Balaban J connectivity index is 1.60. The normalized spacial score (nSPS) is 17.3. The van der Waals surface area contributed by atoms with Crippen LogP contribution in [0, 0.1) is 17.2 Å². The van der Waals surface area contributed by atoms with Gasteiger partial charge in [0.05, 0.1) is 17.5 Å². The Labute approximate surface area is 195 Å². The Hall–Kier alpha value is -3.89. The largest absolute Gasteiger partial charge is 0.325 e. The van der Waals surface area contributed by atoms with Gasteiger partial charge >= 0.3 is 0 Å². The maximum Gasteiger partial charge on any atom is 0.249 e. The number of ketones is 1. The third-order valence-corrected chi connectivity index (χ3v) is 6.68. The maximum atomic E-state index is 13.5. The summed E-state index contributed by atoms with van der Waals surface area (Å²) in [6.45, 7) is 0. The third-order valence-electron chi connectivity index (χ3n) is 5.69. The molecule has 1 aromatic carbocycles. The van der Waals surface area contributed by atoms with E-state index in [0.29, 0.717) is 10.9 Å². The van der Waals surface area contributed by atoms with E-state index in [-0.39, 0.29) is 11.7 Å². The first kappa shape index (κ1) is 21.0. The van der Waals surface area contributed by atoms with Gasteiger partial charge in [-0.3, -0.25) is 14.3 Å². The standard InChI is InChI=1S/C26H20N4O2S/c27-15-20(26(32)28-17-9-3-1-4-10-17)25(31)23-21-16-33-22-14-8-7-13-19(22)24(21)30(29-23)18-11-5-2-6-12-18/h1,3-12,14,16,18,20H,2,13H2,(H,28,32). The molecule has 0 bridgehead atoms. The lowest BCUT2D eigenvalue weighted by Gasteiger charge is -2.18. The van der Waals surface area contributed by atoms with Crippen molar-refractivity contribution in [2.75, 3.05) is 5.32 Å². The van der Waals surface area contributed by atoms with Crippen molar-refractivity contribution in [3.8, 4) is 6.07 Å². The molecule has 0 spiro atoms. The van der Waals surface area contributed by atoms with Crippen LogP contribution in [0.25, 0.3) is 11.0 Å². The van der Waals surface area contributed by atoms with Crippen molar-refractivity contribution < 1.29 is 9.59 Å². The van der Waals surface area contributed by atoms with Gasteiger partial charge in [-0.25, -0.2) is 0 Å². The fraction of sp³-hybridized carbons (Fsp3) is 0.154. The van der Waals surface area contributed by atoms with Gasteiger partial charge in [0.1, 0.15) is 5.69 Å². The van der Waals surface area contributed by atoms with Crippen LogP contribution in [-0.4, -0.2) is 21.5 Å². The summed E-state index contributed by atoms with van der Waals surface area (Å²) >= 11 is 1.53. The van der Waals surface area contributed by atoms with Crippen LogP contribution < -0.4 is 15.9 Å². The first-order valence-electron chi connectivity index (χ1n) is 10.7. The first-order chi connectivity index (χ1) is 16.2. The minimum absolute atomic E-state index is 0.135. The van der Waals surface area contributed by atoms with Crippen molar-refractivity contribution in [3.63, 3.8) is 0 Å². The molecule has 0 fully saturated rings. The molecule has 33 heavy (non-hydrogen) atoms. The molecule has 7 heteroatoms. The number of hydrogen-bond donors (Lipinski definition) is 1. The fourth-order valence-electron chi connectivity index (χ4n) is 4.10. The number of aromatic nitrogens is 2. The van der Waals surface area contributed by atoms with Crippen molar-refractivity contribution in [3.05, 3.63) is 94.0 Å². The Morgan fingerprint density at radius 2 is 1.97 bits per heavy atom. The van der Waals surface area contributed by atoms with Crippen LogP contribution in [0.3, 0.4) is 0 Å². The Kier molecular flexibility index (Phi) is 5.68. The molecule has 2 aromatic rings. The molecule has 5 rings (SSSR count). The van der Waals surface area contributed by atoms with E-state index in [2.05, 4.69) is 46.9 Å². The number of benzene rings is 1. The first-order valence-corrected chi connectivity index (χ1v) is 11.5. The highest BCUT2D eigenvalue weighted by Gasteiger charge is 2.33. The predicted molar refractivity (Wildman–Crippen MR) is 129 cm³/mol. The summed E-state index contributed by atoms with van der Waals surface area (Å²) in [4.78, 5) is 27.4. The number of fused-ring (bicyclic) bond motifs is 2. The summed E-state index contributed by atoms with van der Waals surface area (Å²) in [6, 6.07) is 10.5. The molecule has 3 aliphatic rings. The van der Waals surface area contributed by atoms with E-state index in [4.69, 9.17) is 0 Å². The number of hydrogen-bond acceptors (Lipinski definition) is 5. The van der Waals surface area contributed by atoms with Gasteiger partial charge < -0.3 is 5.32 Å². The SMILES string of the molecule is N#CC(C(=O)Nc1ccccc1)C(=O)c1nn(C2C=CCC=C2)c2c1=CSC1=CC=CCC=21. The monoisotopic (exact) mass is 452 g/mol. The van der Waals surface area contributed by atoms with Crippen LogP contribution in [0.2, 0.25) is 0 Å². The molecule has 1 aromatic heterocycles. The molecule has 2 aliphatic carbocycles. The van der Waals surface area contributed by atoms with Crippen molar-refractivity contribution in [1.82, 2.24) is 9.78 Å². The Morgan fingerprint density at radius 3 is 2.73 bits per heavy atom. The zero-order chi connectivity index (χ0) is 22.8. The molecule has 6 nitrogen and oxygen atoms in total. The van der Waals surface area contributed by atoms with Gasteiger partial charge in [0.2, 0.25) is 11.7 Å². The summed E-state index contributed by atoms with van der Waals surface area (Å²) in [5, 5.41) is 20.5. The number of carbonyl (C=O) groups is 2. The summed E-state index contributed by atoms with van der Waals surface area (Å²) < 4.78 is 1.84. The Bertz CT molecular complexity index is 1410. The molecule has 1 N–H and O–H groups in total. The lowest BCUT2D eigenvalue weighted by atomic mass is 10.00. The minimum atomic E-state index is -1.50. The second kappa shape index (κ2) is 8.93. The quantitative estimate of drug-likeness (QED) is 0.427. The number of carbonyl (C=O) groups excluding carboxylic acids is 2. The molecule has 1 unspecified atom stereocenters. The van der Waals surface area contributed by atoms with Crippen molar-refractivity contribution in [2.24, 2.45) is 5.92 Å². The molecule has 0 saturated heterocycles. The fourth-order valence-corrected chi connectivity index (χ4v) is 5.04. The van der Waals surface area contributed by atoms with Gasteiger partial charge in [-0.15, -0.1) is 0 Å². The number of Topliss-reactive ketones (excluding diaryl/α,β-unsaturated/α-hetero) is 1. The van der Waals surface area contributed by atoms with E-state index in [9.17, 15) is 14.9 Å². The molecule has 1 amide bonds. The summed E-state index contributed by atoms with van der Waals surface area (Å²) in [5.74, 6) is -2.76. The van der Waals surface area contributed by atoms with Gasteiger partial charge in [-0.05, 0) is 42.0 Å². The lowest BCUT2D eigenvalue weighted by Crippen LogP contribution is -2.38. The number of allylic oxidation sites excluding steroid dienone is 8. The van der Waals surface area contributed by atoms with E-state index in [0.717, 1.165) is 28.7 Å². The number of thioether (sulfide) groups is 1. The zero-order valence-corrected chi connectivity index (χ0v) is 18.5. The highest BCUT2D eigenvalue weighted by atomic mass is 32.2. The topological polar surface area (TPSA) is 87.8 Å². The number of nitrogens with one attached hydrogen (secondary N) is 1. The van der Waals surface area contributed by atoms with Crippen molar-refractivity contribution in [2.45, 2.75) is 18.9 Å². The molecule has 1 aliphatic heterocycles. The average Bonchev–Trinajstić information content (AvgIpc) is 3.26. The minimum Gasteiger partial charge on any atom is -0.325 e. The summed E-state index contributed by atoms with van der Waals surface area (Å²) in [7, 11) is 0. The summed E-state index contributed by atoms with van der Waals surface area (Å²) in [6.07, 6.45) is 16.0. The van der Waals surface area contributed by atoms with Gasteiger partial charge in [-0.2, -0.15) is 10.4 Å².